The van der Waals surface area contributed by atoms with Crippen molar-refractivity contribution in [3.05, 3.63) is 47.0 Å². The first-order chi connectivity index (χ1) is 8.11. The van der Waals surface area contributed by atoms with Gasteiger partial charge in [-0.2, -0.15) is 0 Å². The Hall–Kier alpha value is -1.36. The Bertz CT molecular complexity index is 446. The maximum absolute atomic E-state index is 6.12. The van der Waals surface area contributed by atoms with Gasteiger partial charge < -0.3 is 11.1 Å². The van der Waals surface area contributed by atoms with Crippen LogP contribution in [0.25, 0.3) is 0 Å². The largest absolute Gasteiger partial charge is 0.354 e. The number of hydrogen-bond acceptors (Lipinski definition) is 4. The van der Waals surface area contributed by atoms with Gasteiger partial charge in [0.05, 0.1) is 10.1 Å². The summed E-state index contributed by atoms with van der Waals surface area (Å²) >= 11 is 12.1. The number of nitrogens with two attached hydrogens (primary N) is 1. The molecule has 0 aromatic carbocycles. The SMILES string of the molecule is C=C/C=C(Cl)\C(Cl)=C(/C=C)C1=NN=CNC1N. The molecule has 0 saturated carbocycles. The lowest BCUT2D eigenvalue weighted by atomic mass is 10.1. The van der Waals surface area contributed by atoms with Crippen LogP contribution in [0.4, 0.5) is 0 Å². The van der Waals surface area contributed by atoms with E-state index in [0.29, 0.717) is 21.3 Å². The van der Waals surface area contributed by atoms with Crippen LogP contribution in [0.2, 0.25) is 0 Å². The minimum atomic E-state index is -0.498. The highest BCUT2D eigenvalue weighted by Crippen LogP contribution is 2.25. The monoisotopic (exact) mass is 270 g/mol. The molecule has 0 aliphatic carbocycles. The van der Waals surface area contributed by atoms with Crippen LogP contribution in [-0.2, 0) is 0 Å². The number of rotatable bonds is 4. The molecule has 0 aromatic heterocycles. The van der Waals surface area contributed by atoms with Crippen LogP contribution in [0.5, 0.6) is 0 Å². The highest BCUT2D eigenvalue weighted by molar-refractivity contribution is 6.45. The van der Waals surface area contributed by atoms with E-state index < -0.39 is 6.17 Å². The second kappa shape index (κ2) is 6.39. The van der Waals surface area contributed by atoms with Crippen molar-refractivity contribution in [1.29, 1.82) is 0 Å². The Labute approximate surface area is 110 Å². The van der Waals surface area contributed by atoms with Gasteiger partial charge in [-0.15, -0.1) is 10.2 Å². The molecule has 0 aromatic rings. The van der Waals surface area contributed by atoms with Crippen LogP contribution >= 0.6 is 23.2 Å². The second-order valence-corrected chi connectivity index (χ2v) is 3.84. The van der Waals surface area contributed by atoms with E-state index in [9.17, 15) is 0 Å². The van der Waals surface area contributed by atoms with Crippen molar-refractivity contribution >= 4 is 35.3 Å². The molecule has 0 amide bonds. The Morgan fingerprint density at radius 2 is 2.18 bits per heavy atom. The third-order valence-electron chi connectivity index (χ3n) is 1.96. The van der Waals surface area contributed by atoms with Crippen molar-refractivity contribution in [3.8, 4) is 0 Å². The molecule has 0 radical (unpaired) electrons. The molecule has 6 heteroatoms. The summed E-state index contributed by atoms with van der Waals surface area (Å²) < 4.78 is 0. The van der Waals surface area contributed by atoms with Gasteiger partial charge in [0.15, 0.2) is 0 Å². The fraction of sp³-hybridized carbons (Fsp3) is 0.0909. The third-order valence-corrected chi connectivity index (χ3v) is 2.78. The highest BCUT2D eigenvalue weighted by Gasteiger charge is 2.19. The maximum atomic E-state index is 6.12. The van der Waals surface area contributed by atoms with E-state index in [1.54, 1.807) is 6.08 Å². The van der Waals surface area contributed by atoms with E-state index in [-0.39, 0.29) is 0 Å². The van der Waals surface area contributed by atoms with Crippen LogP contribution < -0.4 is 11.1 Å². The van der Waals surface area contributed by atoms with Gasteiger partial charge in [-0.3, -0.25) is 0 Å². The van der Waals surface area contributed by atoms with Crippen molar-refractivity contribution in [2.75, 3.05) is 0 Å². The molecule has 90 valence electrons. The van der Waals surface area contributed by atoms with Gasteiger partial charge in [-0.25, -0.2) is 0 Å². The number of nitrogens with zero attached hydrogens (tertiary/aromatic N) is 2. The first-order valence-corrected chi connectivity index (χ1v) is 5.49. The third kappa shape index (κ3) is 3.30. The molecular weight excluding hydrogens is 259 g/mol. The average Bonchev–Trinajstić information content (AvgIpc) is 2.32. The molecule has 1 unspecified atom stereocenters. The van der Waals surface area contributed by atoms with Crippen molar-refractivity contribution in [3.63, 3.8) is 0 Å². The molecule has 4 nitrogen and oxygen atoms in total. The molecule has 1 rings (SSSR count). The fourth-order valence-corrected chi connectivity index (χ4v) is 1.61. The van der Waals surface area contributed by atoms with Crippen LogP contribution in [-0.4, -0.2) is 18.2 Å². The molecule has 1 heterocycles. The molecular formula is C11H12Cl2N4. The van der Waals surface area contributed by atoms with E-state index in [1.807, 2.05) is 0 Å². The molecule has 0 spiro atoms. The Kier molecular flexibility index (Phi) is 5.15. The quantitative estimate of drug-likeness (QED) is 0.770. The first-order valence-electron chi connectivity index (χ1n) is 4.74. The lowest BCUT2D eigenvalue weighted by molar-refractivity contribution is 0.794. The normalized spacial score (nSPS) is 21.2. The smallest absolute Gasteiger partial charge is 0.121 e. The summed E-state index contributed by atoms with van der Waals surface area (Å²) in [6, 6.07) is 0. The van der Waals surface area contributed by atoms with Gasteiger partial charge in [0, 0.05) is 5.57 Å². The summed E-state index contributed by atoms with van der Waals surface area (Å²) in [5, 5.41) is 11.1. The molecule has 1 atom stereocenters. The molecule has 3 N–H and O–H groups in total. The van der Waals surface area contributed by atoms with Crippen molar-refractivity contribution in [2.24, 2.45) is 15.9 Å². The number of hydrogen-bond donors (Lipinski definition) is 2. The standard InChI is InChI=1S/C11H12Cl2N4/c1-3-5-8(12)9(13)7(4-2)10-11(14)15-6-16-17-10/h3-6,11H,1-2,14H2,(H,15,16)/b8-5+,9-7-. The second-order valence-electron chi connectivity index (χ2n) is 3.06. The highest BCUT2D eigenvalue weighted by atomic mass is 35.5. The van der Waals surface area contributed by atoms with Crippen LogP contribution in [0.15, 0.2) is 57.2 Å². The van der Waals surface area contributed by atoms with Crippen molar-refractivity contribution in [2.45, 2.75) is 6.17 Å². The summed E-state index contributed by atoms with van der Waals surface area (Å²) in [5.74, 6) is 0. The fourth-order valence-electron chi connectivity index (χ4n) is 1.18. The number of halogens is 2. The summed E-state index contributed by atoms with van der Waals surface area (Å²) in [7, 11) is 0. The lowest BCUT2D eigenvalue weighted by Crippen LogP contribution is -2.46. The summed E-state index contributed by atoms with van der Waals surface area (Å²) in [5.41, 5.74) is 6.82. The van der Waals surface area contributed by atoms with Crippen LogP contribution in [0.3, 0.4) is 0 Å². The van der Waals surface area contributed by atoms with E-state index in [4.69, 9.17) is 28.9 Å². The predicted molar refractivity (Wildman–Crippen MR) is 74.2 cm³/mol. The van der Waals surface area contributed by atoms with E-state index >= 15 is 0 Å². The number of allylic oxidation sites excluding steroid dienone is 5. The zero-order valence-electron chi connectivity index (χ0n) is 9.03. The van der Waals surface area contributed by atoms with Crippen molar-refractivity contribution < 1.29 is 0 Å². The number of nitrogens with one attached hydrogen (secondary N) is 1. The lowest BCUT2D eigenvalue weighted by Gasteiger charge is -2.18. The average molecular weight is 271 g/mol. The van der Waals surface area contributed by atoms with Gasteiger partial charge >= 0.3 is 0 Å². The van der Waals surface area contributed by atoms with Crippen molar-refractivity contribution in [1.82, 2.24) is 5.32 Å². The molecule has 0 bridgehead atoms. The molecule has 17 heavy (non-hydrogen) atoms. The zero-order chi connectivity index (χ0) is 12.8. The minimum absolute atomic E-state index is 0.301. The summed E-state index contributed by atoms with van der Waals surface area (Å²) in [6.45, 7) is 7.20. The van der Waals surface area contributed by atoms with Gasteiger partial charge in [-0.05, 0) is 6.08 Å². The molecule has 0 saturated heterocycles. The van der Waals surface area contributed by atoms with E-state index in [0.717, 1.165) is 0 Å². The maximum Gasteiger partial charge on any atom is 0.121 e. The van der Waals surface area contributed by atoms with Gasteiger partial charge in [0.1, 0.15) is 18.2 Å². The predicted octanol–water partition coefficient (Wildman–Crippen LogP) is 2.25. The Morgan fingerprint density at radius 3 is 2.71 bits per heavy atom. The zero-order valence-corrected chi connectivity index (χ0v) is 10.5. The van der Waals surface area contributed by atoms with Crippen LogP contribution in [0, 0.1) is 0 Å². The molecule has 1 aliphatic heterocycles. The molecule has 1 aliphatic rings. The Morgan fingerprint density at radius 1 is 1.47 bits per heavy atom. The van der Waals surface area contributed by atoms with Gasteiger partial charge in [-0.1, -0.05) is 48.5 Å². The summed E-state index contributed by atoms with van der Waals surface area (Å²) in [6.07, 6.45) is 5.54. The summed E-state index contributed by atoms with van der Waals surface area (Å²) in [4.78, 5) is 0. The van der Waals surface area contributed by atoms with Crippen LogP contribution in [0.1, 0.15) is 0 Å². The minimum Gasteiger partial charge on any atom is -0.354 e. The topological polar surface area (TPSA) is 62.8 Å². The molecule has 0 fully saturated rings. The first kappa shape index (κ1) is 13.7. The van der Waals surface area contributed by atoms with E-state index in [2.05, 4.69) is 28.7 Å². The van der Waals surface area contributed by atoms with Gasteiger partial charge in [0.25, 0.3) is 0 Å². The van der Waals surface area contributed by atoms with E-state index in [1.165, 1.54) is 18.5 Å². The Balaban J connectivity index is 3.22. The van der Waals surface area contributed by atoms with Gasteiger partial charge in [0.2, 0.25) is 0 Å².